The minimum atomic E-state index is -0.517. The second-order valence-electron chi connectivity index (χ2n) is 4.41. The van der Waals surface area contributed by atoms with Crippen LogP contribution in [0.4, 0.5) is 5.69 Å². The molecular weight excluding hydrogens is 232 g/mol. The minimum absolute atomic E-state index is 0.134. The first-order valence-electron chi connectivity index (χ1n) is 6.06. The molecule has 2 atom stereocenters. The molecule has 98 valence electrons. The van der Waals surface area contributed by atoms with Crippen LogP contribution in [0.5, 0.6) is 5.75 Å². The zero-order valence-corrected chi connectivity index (χ0v) is 10.4. The molecule has 1 amide bonds. The van der Waals surface area contributed by atoms with Crippen molar-refractivity contribution >= 4 is 11.6 Å². The molecule has 1 aromatic carbocycles. The van der Waals surface area contributed by atoms with Crippen molar-refractivity contribution in [2.45, 2.75) is 25.5 Å². The topological polar surface area (TPSA) is 73.6 Å². The van der Waals surface area contributed by atoms with E-state index in [-0.39, 0.29) is 12.0 Å². The molecule has 1 heterocycles. The summed E-state index contributed by atoms with van der Waals surface area (Å²) in [6, 6.07) is 6.73. The van der Waals surface area contributed by atoms with Gasteiger partial charge in [0.1, 0.15) is 11.9 Å². The summed E-state index contributed by atoms with van der Waals surface area (Å²) < 4.78 is 11.0. The van der Waals surface area contributed by atoms with Gasteiger partial charge in [0.25, 0.3) is 0 Å². The highest BCUT2D eigenvalue weighted by Gasteiger charge is 2.17. The van der Waals surface area contributed by atoms with E-state index in [0.717, 1.165) is 18.8 Å². The van der Waals surface area contributed by atoms with E-state index < -0.39 is 6.04 Å². The number of nitrogens with two attached hydrogens (primary N) is 1. The normalized spacial score (nSPS) is 20.4. The number of benzene rings is 1. The maximum atomic E-state index is 11.4. The molecular formula is C13H18N2O3. The van der Waals surface area contributed by atoms with E-state index in [1.54, 1.807) is 19.1 Å². The molecule has 2 rings (SSSR count). The Kier molecular flexibility index (Phi) is 4.17. The number of rotatable bonds is 4. The molecule has 1 aliphatic rings. The van der Waals surface area contributed by atoms with Crippen molar-refractivity contribution in [1.82, 2.24) is 0 Å². The minimum Gasteiger partial charge on any atom is -0.488 e. The summed E-state index contributed by atoms with van der Waals surface area (Å²) in [5.74, 6) is 0.581. The average Bonchev–Trinajstić information content (AvgIpc) is 2.84. The molecule has 3 N–H and O–H groups in total. The SMILES string of the molecule is C[C@H](N)C(=O)Nc1ccc(OC2CCOC2)cc1. The molecule has 5 heteroatoms. The number of amides is 1. The molecule has 0 radical (unpaired) electrons. The molecule has 0 aliphatic carbocycles. The van der Waals surface area contributed by atoms with E-state index in [0.29, 0.717) is 12.3 Å². The Hall–Kier alpha value is -1.59. The highest BCUT2D eigenvalue weighted by Crippen LogP contribution is 2.19. The summed E-state index contributed by atoms with van der Waals surface area (Å²) >= 11 is 0. The summed E-state index contributed by atoms with van der Waals surface area (Å²) in [6.45, 7) is 3.04. The van der Waals surface area contributed by atoms with Crippen molar-refractivity contribution in [1.29, 1.82) is 0 Å². The Morgan fingerprint density at radius 3 is 2.78 bits per heavy atom. The van der Waals surface area contributed by atoms with E-state index in [1.807, 2.05) is 12.1 Å². The largest absolute Gasteiger partial charge is 0.488 e. The quantitative estimate of drug-likeness (QED) is 0.840. The fourth-order valence-corrected chi connectivity index (χ4v) is 1.67. The van der Waals surface area contributed by atoms with Gasteiger partial charge in [-0.2, -0.15) is 0 Å². The van der Waals surface area contributed by atoms with Gasteiger partial charge in [-0.15, -0.1) is 0 Å². The molecule has 5 nitrogen and oxygen atoms in total. The van der Waals surface area contributed by atoms with Gasteiger partial charge in [-0.3, -0.25) is 4.79 Å². The van der Waals surface area contributed by atoms with Crippen LogP contribution in [-0.4, -0.2) is 31.3 Å². The number of hydrogen-bond donors (Lipinski definition) is 2. The summed E-state index contributed by atoms with van der Waals surface area (Å²) in [7, 11) is 0. The number of nitrogens with one attached hydrogen (secondary N) is 1. The first-order valence-corrected chi connectivity index (χ1v) is 6.06. The number of hydrogen-bond acceptors (Lipinski definition) is 4. The van der Waals surface area contributed by atoms with Crippen molar-refractivity contribution in [2.75, 3.05) is 18.5 Å². The highest BCUT2D eigenvalue weighted by atomic mass is 16.5. The van der Waals surface area contributed by atoms with Gasteiger partial charge in [-0.05, 0) is 31.2 Å². The lowest BCUT2D eigenvalue weighted by atomic mass is 10.2. The third kappa shape index (κ3) is 3.45. The first-order chi connectivity index (χ1) is 8.65. The third-order valence-corrected chi connectivity index (χ3v) is 2.73. The fraction of sp³-hybridized carbons (Fsp3) is 0.462. The molecule has 1 unspecified atom stereocenters. The standard InChI is InChI=1S/C13H18N2O3/c1-9(14)13(16)15-10-2-4-11(5-3-10)18-12-6-7-17-8-12/h2-5,9,12H,6-8,14H2,1H3,(H,15,16)/t9-,12?/m0/s1. The van der Waals surface area contributed by atoms with Gasteiger partial charge < -0.3 is 20.5 Å². The van der Waals surface area contributed by atoms with Crippen molar-refractivity contribution in [3.63, 3.8) is 0 Å². The predicted molar refractivity (Wildman–Crippen MR) is 68.6 cm³/mol. The second kappa shape index (κ2) is 5.84. The maximum absolute atomic E-state index is 11.4. The van der Waals surface area contributed by atoms with Crippen LogP contribution < -0.4 is 15.8 Å². The van der Waals surface area contributed by atoms with Crippen LogP contribution in [0.25, 0.3) is 0 Å². The predicted octanol–water partition coefficient (Wildman–Crippen LogP) is 1.14. The fourth-order valence-electron chi connectivity index (χ4n) is 1.67. The molecule has 0 spiro atoms. The average molecular weight is 250 g/mol. The van der Waals surface area contributed by atoms with Crippen LogP contribution in [0.1, 0.15) is 13.3 Å². The summed E-state index contributed by atoms with van der Waals surface area (Å²) in [6.07, 6.45) is 1.05. The highest BCUT2D eigenvalue weighted by molar-refractivity contribution is 5.94. The van der Waals surface area contributed by atoms with Gasteiger partial charge in [-0.25, -0.2) is 0 Å². The third-order valence-electron chi connectivity index (χ3n) is 2.73. The molecule has 0 aromatic heterocycles. The molecule has 18 heavy (non-hydrogen) atoms. The molecule has 1 fully saturated rings. The van der Waals surface area contributed by atoms with Crippen molar-refractivity contribution < 1.29 is 14.3 Å². The second-order valence-corrected chi connectivity index (χ2v) is 4.41. The van der Waals surface area contributed by atoms with Crippen LogP contribution in [0.2, 0.25) is 0 Å². The lowest BCUT2D eigenvalue weighted by molar-refractivity contribution is -0.117. The van der Waals surface area contributed by atoms with E-state index in [2.05, 4.69) is 5.32 Å². The number of carbonyl (C=O) groups excluding carboxylic acids is 1. The van der Waals surface area contributed by atoms with Crippen LogP contribution >= 0.6 is 0 Å². The van der Waals surface area contributed by atoms with E-state index in [4.69, 9.17) is 15.2 Å². The Labute approximate surface area is 106 Å². The van der Waals surface area contributed by atoms with Crippen molar-refractivity contribution in [3.8, 4) is 5.75 Å². The Balaban J connectivity index is 1.90. The number of anilines is 1. The molecule has 0 bridgehead atoms. The summed E-state index contributed by atoms with van der Waals surface area (Å²) in [5.41, 5.74) is 6.19. The molecule has 1 saturated heterocycles. The lowest BCUT2D eigenvalue weighted by Crippen LogP contribution is -2.32. The van der Waals surface area contributed by atoms with E-state index >= 15 is 0 Å². The zero-order chi connectivity index (χ0) is 13.0. The van der Waals surface area contributed by atoms with E-state index in [9.17, 15) is 4.79 Å². The van der Waals surface area contributed by atoms with Gasteiger partial charge >= 0.3 is 0 Å². The lowest BCUT2D eigenvalue weighted by Gasteiger charge is -2.12. The summed E-state index contributed by atoms with van der Waals surface area (Å²) in [4.78, 5) is 11.4. The van der Waals surface area contributed by atoms with E-state index in [1.165, 1.54) is 0 Å². The number of ether oxygens (including phenoxy) is 2. The van der Waals surface area contributed by atoms with Crippen LogP contribution in [0.3, 0.4) is 0 Å². The number of carbonyl (C=O) groups is 1. The van der Waals surface area contributed by atoms with Crippen molar-refractivity contribution in [2.24, 2.45) is 5.73 Å². The molecule has 0 saturated carbocycles. The Morgan fingerprint density at radius 1 is 1.50 bits per heavy atom. The maximum Gasteiger partial charge on any atom is 0.240 e. The zero-order valence-electron chi connectivity index (χ0n) is 10.4. The molecule has 1 aromatic rings. The Bertz CT molecular complexity index is 397. The Morgan fingerprint density at radius 2 is 2.22 bits per heavy atom. The first kappa shape index (κ1) is 12.9. The van der Waals surface area contributed by atoms with Gasteiger partial charge in [0.2, 0.25) is 5.91 Å². The smallest absolute Gasteiger partial charge is 0.240 e. The van der Waals surface area contributed by atoms with Gasteiger partial charge in [0.15, 0.2) is 0 Å². The molecule has 1 aliphatic heterocycles. The van der Waals surface area contributed by atoms with Gasteiger partial charge in [0, 0.05) is 12.1 Å². The van der Waals surface area contributed by atoms with Crippen molar-refractivity contribution in [3.05, 3.63) is 24.3 Å². The summed E-state index contributed by atoms with van der Waals surface area (Å²) in [5, 5.41) is 2.72. The van der Waals surface area contributed by atoms with Crippen LogP contribution in [0.15, 0.2) is 24.3 Å². The monoisotopic (exact) mass is 250 g/mol. The van der Waals surface area contributed by atoms with Gasteiger partial charge in [-0.1, -0.05) is 0 Å². The van der Waals surface area contributed by atoms with Gasteiger partial charge in [0.05, 0.1) is 19.3 Å². The van der Waals surface area contributed by atoms with Crippen LogP contribution in [0, 0.1) is 0 Å². The van der Waals surface area contributed by atoms with Crippen LogP contribution in [-0.2, 0) is 9.53 Å².